The van der Waals surface area contributed by atoms with Crippen molar-refractivity contribution in [3.8, 4) is 0 Å². The van der Waals surface area contributed by atoms with E-state index in [9.17, 15) is 0 Å². The molecule has 0 bridgehead atoms. The van der Waals surface area contributed by atoms with Crippen LogP contribution in [-0.4, -0.2) is 22.1 Å². The summed E-state index contributed by atoms with van der Waals surface area (Å²) in [6.07, 6.45) is 5.33. The molecule has 5 heteroatoms. The van der Waals surface area contributed by atoms with Crippen molar-refractivity contribution in [2.75, 3.05) is 7.11 Å². The van der Waals surface area contributed by atoms with Gasteiger partial charge < -0.3 is 10.5 Å². The number of aromatic nitrogens is 3. The number of nitrogens with two attached hydrogens (primary N) is 1. The van der Waals surface area contributed by atoms with E-state index in [1.54, 1.807) is 7.11 Å². The van der Waals surface area contributed by atoms with E-state index >= 15 is 0 Å². The third kappa shape index (κ3) is 2.41. The molecule has 0 radical (unpaired) electrons. The third-order valence-corrected chi connectivity index (χ3v) is 3.37. The maximum Gasteiger partial charge on any atom is 0.102 e. The summed E-state index contributed by atoms with van der Waals surface area (Å²) in [6.45, 7) is 1.92. The molecule has 0 aliphatic heterocycles. The van der Waals surface area contributed by atoms with Gasteiger partial charge in [-0.1, -0.05) is 24.5 Å². The van der Waals surface area contributed by atoms with E-state index in [-0.39, 0.29) is 0 Å². The van der Waals surface area contributed by atoms with Crippen molar-refractivity contribution in [1.82, 2.24) is 15.0 Å². The quantitative estimate of drug-likeness (QED) is 0.785. The van der Waals surface area contributed by atoms with Gasteiger partial charge in [0.1, 0.15) is 5.69 Å². The molecule has 1 aromatic rings. The van der Waals surface area contributed by atoms with Crippen LogP contribution in [0.1, 0.15) is 37.1 Å². The lowest BCUT2D eigenvalue weighted by Gasteiger charge is -2.25. The highest BCUT2D eigenvalue weighted by molar-refractivity contribution is 5.08. The number of aryl methyl sites for hydroxylation is 1. The van der Waals surface area contributed by atoms with Gasteiger partial charge in [0, 0.05) is 20.2 Å². The number of hydrogen-bond donors (Lipinski definition) is 1. The molecular weight excluding hydrogens is 204 g/mol. The van der Waals surface area contributed by atoms with Crippen LogP contribution in [0.25, 0.3) is 0 Å². The van der Waals surface area contributed by atoms with Crippen molar-refractivity contribution in [1.29, 1.82) is 0 Å². The van der Waals surface area contributed by atoms with Gasteiger partial charge in [-0.2, -0.15) is 0 Å². The van der Waals surface area contributed by atoms with Crippen molar-refractivity contribution in [3.05, 3.63) is 11.4 Å². The zero-order valence-electron chi connectivity index (χ0n) is 9.85. The van der Waals surface area contributed by atoms with E-state index in [0.717, 1.165) is 23.9 Å². The predicted octanol–water partition coefficient (Wildman–Crippen LogP) is 1.07. The van der Waals surface area contributed by atoms with Gasteiger partial charge in [-0.25, -0.2) is 4.68 Å². The molecule has 1 aromatic heterocycles. The Hall–Kier alpha value is -0.940. The number of ether oxygens (including phenoxy) is 1. The van der Waals surface area contributed by atoms with Gasteiger partial charge in [0.2, 0.25) is 0 Å². The Morgan fingerprint density at radius 2 is 2.31 bits per heavy atom. The maximum atomic E-state index is 5.62. The molecule has 0 unspecified atom stereocenters. The molecule has 1 fully saturated rings. The summed E-state index contributed by atoms with van der Waals surface area (Å²) in [5, 5.41) is 8.23. The van der Waals surface area contributed by atoms with E-state index in [2.05, 4.69) is 10.3 Å². The summed E-state index contributed by atoms with van der Waals surface area (Å²) >= 11 is 0. The second-order valence-corrected chi connectivity index (χ2v) is 4.43. The van der Waals surface area contributed by atoms with Gasteiger partial charge in [-0.15, -0.1) is 5.10 Å². The molecule has 0 aromatic carbocycles. The molecule has 1 aliphatic rings. The Balaban J connectivity index is 1.97. The molecule has 2 N–H and O–H groups in total. The van der Waals surface area contributed by atoms with Crippen LogP contribution in [0.4, 0.5) is 0 Å². The minimum atomic E-state index is 0.433. The van der Waals surface area contributed by atoms with E-state index in [4.69, 9.17) is 10.5 Å². The lowest BCUT2D eigenvalue weighted by Crippen LogP contribution is -2.16. The molecule has 2 rings (SSSR count). The first kappa shape index (κ1) is 11.5. The Morgan fingerprint density at radius 3 is 2.88 bits per heavy atom. The lowest BCUT2D eigenvalue weighted by molar-refractivity contribution is 0.174. The number of hydrogen-bond acceptors (Lipinski definition) is 4. The Morgan fingerprint density at radius 1 is 1.50 bits per heavy atom. The standard InChI is InChI=1S/C11H20N4O/c1-16-8-11-10(7-12)13-14-15(11)6-5-9-3-2-4-9/h9H,2-8,12H2,1H3. The molecule has 0 atom stereocenters. The Kier molecular flexibility index (Phi) is 3.90. The van der Waals surface area contributed by atoms with Crippen LogP contribution < -0.4 is 5.73 Å². The smallest absolute Gasteiger partial charge is 0.102 e. The molecule has 1 saturated carbocycles. The summed E-state index contributed by atoms with van der Waals surface area (Å²) < 4.78 is 7.11. The summed E-state index contributed by atoms with van der Waals surface area (Å²) in [6, 6.07) is 0. The van der Waals surface area contributed by atoms with E-state index in [0.29, 0.717) is 13.2 Å². The van der Waals surface area contributed by atoms with Crippen LogP contribution in [0.2, 0.25) is 0 Å². The second-order valence-electron chi connectivity index (χ2n) is 4.43. The third-order valence-electron chi connectivity index (χ3n) is 3.37. The minimum absolute atomic E-state index is 0.433. The van der Waals surface area contributed by atoms with Gasteiger partial charge >= 0.3 is 0 Å². The number of rotatable bonds is 6. The van der Waals surface area contributed by atoms with Gasteiger partial charge in [-0.05, 0) is 12.3 Å². The maximum absolute atomic E-state index is 5.62. The van der Waals surface area contributed by atoms with Gasteiger partial charge in [-0.3, -0.25) is 0 Å². The summed E-state index contributed by atoms with van der Waals surface area (Å²) in [5.41, 5.74) is 7.50. The minimum Gasteiger partial charge on any atom is -0.378 e. The first-order valence-electron chi connectivity index (χ1n) is 5.95. The largest absolute Gasteiger partial charge is 0.378 e. The predicted molar refractivity (Wildman–Crippen MR) is 60.6 cm³/mol. The first-order valence-corrected chi connectivity index (χ1v) is 5.95. The molecular formula is C11H20N4O. The van der Waals surface area contributed by atoms with Crippen molar-refractivity contribution >= 4 is 0 Å². The van der Waals surface area contributed by atoms with E-state index in [1.807, 2.05) is 4.68 Å². The van der Waals surface area contributed by atoms with Crippen LogP contribution in [-0.2, 0) is 24.4 Å². The summed E-state index contributed by atoms with van der Waals surface area (Å²) in [7, 11) is 1.68. The average Bonchev–Trinajstić information content (AvgIpc) is 2.60. The monoisotopic (exact) mass is 224 g/mol. The van der Waals surface area contributed by atoms with Crippen LogP contribution in [0.15, 0.2) is 0 Å². The Bertz CT molecular complexity index is 333. The van der Waals surface area contributed by atoms with E-state index in [1.165, 1.54) is 25.7 Å². The van der Waals surface area contributed by atoms with Crippen molar-refractivity contribution in [3.63, 3.8) is 0 Å². The van der Waals surface area contributed by atoms with Gasteiger partial charge in [0.15, 0.2) is 0 Å². The molecule has 0 amide bonds. The molecule has 90 valence electrons. The van der Waals surface area contributed by atoms with Crippen molar-refractivity contribution in [2.45, 2.75) is 45.4 Å². The topological polar surface area (TPSA) is 66.0 Å². The van der Waals surface area contributed by atoms with Crippen LogP contribution in [0.5, 0.6) is 0 Å². The molecule has 1 heterocycles. The summed E-state index contributed by atoms with van der Waals surface area (Å²) in [4.78, 5) is 0. The lowest BCUT2D eigenvalue weighted by atomic mass is 9.83. The zero-order chi connectivity index (χ0) is 11.4. The Labute approximate surface area is 96.0 Å². The fourth-order valence-corrected chi connectivity index (χ4v) is 2.09. The number of nitrogens with zero attached hydrogens (tertiary/aromatic N) is 3. The average molecular weight is 224 g/mol. The zero-order valence-corrected chi connectivity index (χ0v) is 9.85. The van der Waals surface area contributed by atoms with Crippen molar-refractivity contribution < 1.29 is 4.74 Å². The highest BCUT2D eigenvalue weighted by atomic mass is 16.5. The normalized spacial score (nSPS) is 16.4. The highest BCUT2D eigenvalue weighted by Crippen LogP contribution is 2.29. The fourth-order valence-electron chi connectivity index (χ4n) is 2.09. The van der Waals surface area contributed by atoms with Crippen LogP contribution in [0, 0.1) is 5.92 Å². The highest BCUT2D eigenvalue weighted by Gasteiger charge is 2.18. The fraction of sp³-hybridized carbons (Fsp3) is 0.818. The molecule has 1 aliphatic carbocycles. The molecule has 5 nitrogen and oxygen atoms in total. The number of methoxy groups -OCH3 is 1. The van der Waals surface area contributed by atoms with Gasteiger partial charge in [0.25, 0.3) is 0 Å². The van der Waals surface area contributed by atoms with E-state index < -0.39 is 0 Å². The molecule has 16 heavy (non-hydrogen) atoms. The van der Waals surface area contributed by atoms with Crippen LogP contribution >= 0.6 is 0 Å². The summed E-state index contributed by atoms with van der Waals surface area (Å²) in [5.74, 6) is 0.890. The van der Waals surface area contributed by atoms with Crippen LogP contribution in [0.3, 0.4) is 0 Å². The van der Waals surface area contributed by atoms with Gasteiger partial charge in [0.05, 0.1) is 12.3 Å². The second kappa shape index (κ2) is 5.41. The first-order chi connectivity index (χ1) is 7.85. The molecule has 0 spiro atoms. The molecule has 0 saturated heterocycles. The SMILES string of the molecule is COCc1c(CN)nnn1CCC1CCC1. The van der Waals surface area contributed by atoms with Crippen molar-refractivity contribution in [2.24, 2.45) is 11.7 Å².